The summed E-state index contributed by atoms with van der Waals surface area (Å²) in [5.74, 6) is 0.746. The molecule has 5 nitrogen and oxygen atoms in total. The molecular formula is C18H17N3O2. The fourth-order valence-electron chi connectivity index (χ4n) is 2.89. The van der Waals surface area contributed by atoms with E-state index in [4.69, 9.17) is 4.74 Å². The van der Waals surface area contributed by atoms with Crippen molar-refractivity contribution in [2.45, 2.75) is 13.0 Å². The third kappa shape index (κ3) is 2.77. The van der Waals surface area contributed by atoms with Crippen LogP contribution in [0.3, 0.4) is 0 Å². The summed E-state index contributed by atoms with van der Waals surface area (Å²) in [4.78, 5) is 16.9. The molecule has 3 heterocycles. The van der Waals surface area contributed by atoms with Gasteiger partial charge in [-0.25, -0.2) is 4.98 Å². The topological polar surface area (TPSA) is 55.6 Å². The van der Waals surface area contributed by atoms with Crippen LogP contribution in [0.15, 0.2) is 54.9 Å². The highest BCUT2D eigenvalue weighted by molar-refractivity contribution is 5.79. The van der Waals surface area contributed by atoms with Crippen LogP contribution >= 0.6 is 0 Å². The lowest BCUT2D eigenvalue weighted by Gasteiger charge is -2.24. The second-order valence-electron chi connectivity index (χ2n) is 5.74. The number of nitrogens with one attached hydrogen (secondary N) is 1. The number of rotatable bonds is 3. The van der Waals surface area contributed by atoms with Crippen molar-refractivity contribution in [3.63, 3.8) is 0 Å². The molecule has 116 valence electrons. The van der Waals surface area contributed by atoms with Crippen LogP contribution in [0.25, 0.3) is 5.65 Å². The molecule has 0 spiro atoms. The van der Waals surface area contributed by atoms with E-state index >= 15 is 0 Å². The molecule has 0 fully saturated rings. The number of hydrogen-bond acceptors (Lipinski definition) is 3. The summed E-state index contributed by atoms with van der Waals surface area (Å²) in [6, 6.07) is 13.7. The van der Waals surface area contributed by atoms with Gasteiger partial charge in [0.1, 0.15) is 18.0 Å². The van der Waals surface area contributed by atoms with E-state index < -0.39 is 0 Å². The third-order valence-electron chi connectivity index (χ3n) is 4.11. The van der Waals surface area contributed by atoms with Crippen molar-refractivity contribution in [2.75, 3.05) is 6.61 Å². The van der Waals surface area contributed by atoms with Gasteiger partial charge in [-0.05, 0) is 30.2 Å². The van der Waals surface area contributed by atoms with Crippen LogP contribution < -0.4 is 10.1 Å². The van der Waals surface area contributed by atoms with Crippen LogP contribution in [0.5, 0.6) is 5.75 Å². The number of fused-ring (bicyclic) bond motifs is 2. The number of nitrogens with zero attached hydrogens (tertiary/aromatic N) is 2. The Morgan fingerprint density at radius 1 is 1.26 bits per heavy atom. The first-order valence-electron chi connectivity index (χ1n) is 7.70. The highest BCUT2D eigenvalue weighted by Gasteiger charge is 2.25. The number of amides is 1. The number of benzene rings is 1. The molecule has 0 bridgehead atoms. The maximum atomic E-state index is 12.4. The predicted molar refractivity (Wildman–Crippen MR) is 86.2 cm³/mol. The Morgan fingerprint density at radius 3 is 3.04 bits per heavy atom. The van der Waals surface area contributed by atoms with Crippen molar-refractivity contribution in [3.05, 3.63) is 66.1 Å². The minimum atomic E-state index is -0.151. The summed E-state index contributed by atoms with van der Waals surface area (Å²) < 4.78 is 7.62. The maximum Gasteiger partial charge on any atom is 0.227 e. The van der Waals surface area contributed by atoms with Gasteiger partial charge in [-0.15, -0.1) is 0 Å². The molecule has 1 amide bonds. The summed E-state index contributed by atoms with van der Waals surface area (Å²) in [6.07, 6.45) is 4.59. The van der Waals surface area contributed by atoms with Crippen molar-refractivity contribution in [1.29, 1.82) is 0 Å². The van der Waals surface area contributed by atoms with E-state index in [9.17, 15) is 4.79 Å². The Balaban J connectivity index is 1.40. The Labute approximate surface area is 133 Å². The zero-order valence-corrected chi connectivity index (χ0v) is 12.6. The Bertz CT molecular complexity index is 823. The largest absolute Gasteiger partial charge is 0.492 e. The lowest BCUT2D eigenvalue weighted by molar-refractivity contribution is -0.126. The minimum absolute atomic E-state index is 0.0107. The van der Waals surface area contributed by atoms with E-state index in [1.807, 2.05) is 59.3 Å². The summed E-state index contributed by atoms with van der Waals surface area (Å²) in [7, 11) is 0. The third-order valence-corrected chi connectivity index (χ3v) is 4.11. The SMILES string of the molecule is O=C(NCc1cn2ccccc2n1)[C@H]1COc2ccccc2C1. The molecule has 5 heteroatoms. The van der Waals surface area contributed by atoms with Gasteiger partial charge in [0.15, 0.2) is 0 Å². The number of hydrogen-bond donors (Lipinski definition) is 1. The highest BCUT2D eigenvalue weighted by Crippen LogP contribution is 2.26. The molecule has 3 aromatic rings. The van der Waals surface area contributed by atoms with E-state index in [-0.39, 0.29) is 11.8 Å². The predicted octanol–water partition coefficient (Wildman–Crippen LogP) is 2.20. The summed E-state index contributed by atoms with van der Waals surface area (Å²) in [6.45, 7) is 0.854. The Morgan fingerprint density at radius 2 is 2.13 bits per heavy atom. The lowest BCUT2D eigenvalue weighted by Crippen LogP contribution is -2.37. The van der Waals surface area contributed by atoms with Crippen LogP contribution in [0.1, 0.15) is 11.3 Å². The average molecular weight is 307 g/mol. The van der Waals surface area contributed by atoms with Crippen LogP contribution in [0.4, 0.5) is 0 Å². The van der Waals surface area contributed by atoms with Gasteiger partial charge in [0, 0.05) is 12.4 Å². The van der Waals surface area contributed by atoms with E-state index in [1.54, 1.807) is 0 Å². The van der Waals surface area contributed by atoms with E-state index in [0.29, 0.717) is 19.6 Å². The van der Waals surface area contributed by atoms with Crippen molar-refractivity contribution in [1.82, 2.24) is 14.7 Å². The molecule has 2 aromatic heterocycles. The quantitative estimate of drug-likeness (QED) is 0.807. The van der Waals surface area contributed by atoms with Crippen molar-refractivity contribution >= 4 is 11.6 Å². The minimum Gasteiger partial charge on any atom is -0.492 e. The average Bonchev–Trinajstić information content (AvgIpc) is 3.02. The molecule has 1 aromatic carbocycles. The number of aromatic nitrogens is 2. The molecule has 0 unspecified atom stereocenters. The normalized spacial score (nSPS) is 16.6. The molecule has 1 aliphatic heterocycles. The molecule has 1 aliphatic rings. The molecule has 0 saturated carbocycles. The summed E-state index contributed by atoms with van der Waals surface area (Å²) in [5, 5.41) is 2.97. The van der Waals surface area contributed by atoms with Gasteiger partial charge >= 0.3 is 0 Å². The first-order valence-corrected chi connectivity index (χ1v) is 7.70. The van der Waals surface area contributed by atoms with Crippen molar-refractivity contribution in [3.8, 4) is 5.75 Å². The van der Waals surface area contributed by atoms with E-state index in [2.05, 4.69) is 10.3 Å². The molecule has 0 saturated heterocycles. The highest BCUT2D eigenvalue weighted by atomic mass is 16.5. The number of imidazole rings is 1. The Hall–Kier alpha value is -2.82. The van der Waals surface area contributed by atoms with E-state index in [0.717, 1.165) is 22.7 Å². The van der Waals surface area contributed by atoms with Crippen molar-refractivity contribution < 1.29 is 9.53 Å². The number of para-hydroxylation sites is 1. The fourth-order valence-corrected chi connectivity index (χ4v) is 2.89. The monoisotopic (exact) mass is 307 g/mol. The maximum absolute atomic E-state index is 12.4. The first-order chi connectivity index (χ1) is 11.3. The second kappa shape index (κ2) is 5.76. The number of carbonyl (C=O) groups excluding carboxylic acids is 1. The fraction of sp³-hybridized carbons (Fsp3) is 0.222. The molecule has 1 N–H and O–H groups in total. The molecule has 1 atom stereocenters. The second-order valence-corrected chi connectivity index (χ2v) is 5.74. The van der Waals surface area contributed by atoms with Gasteiger partial charge in [-0.2, -0.15) is 0 Å². The number of pyridine rings is 1. The van der Waals surface area contributed by atoms with Gasteiger partial charge < -0.3 is 14.5 Å². The summed E-state index contributed by atoms with van der Waals surface area (Å²) in [5.41, 5.74) is 2.82. The van der Waals surface area contributed by atoms with Gasteiger partial charge in [-0.3, -0.25) is 4.79 Å². The van der Waals surface area contributed by atoms with Gasteiger partial charge in [-0.1, -0.05) is 24.3 Å². The molecular weight excluding hydrogens is 290 g/mol. The summed E-state index contributed by atoms with van der Waals surface area (Å²) >= 11 is 0. The van der Waals surface area contributed by atoms with E-state index in [1.165, 1.54) is 0 Å². The zero-order chi connectivity index (χ0) is 15.6. The lowest BCUT2D eigenvalue weighted by atomic mass is 9.96. The molecule has 0 aliphatic carbocycles. The van der Waals surface area contributed by atoms with Crippen LogP contribution in [0.2, 0.25) is 0 Å². The first kappa shape index (κ1) is 13.8. The Kier molecular flexibility index (Phi) is 3.46. The van der Waals surface area contributed by atoms with Crippen LogP contribution in [0, 0.1) is 5.92 Å². The van der Waals surface area contributed by atoms with Crippen LogP contribution in [-0.2, 0) is 17.8 Å². The molecule has 4 rings (SSSR count). The van der Waals surface area contributed by atoms with Gasteiger partial charge in [0.25, 0.3) is 0 Å². The number of carbonyl (C=O) groups is 1. The van der Waals surface area contributed by atoms with Gasteiger partial charge in [0.05, 0.1) is 18.2 Å². The number of ether oxygens (including phenoxy) is 1. The molecule has 0 radical (unpaired) electrons. The zero-order valence-electron chi connectivity index (χ0n) is 12.6. The van der Waals surface area contributed by atoms with Crippen molar-refractivity contribution in [2.24, 2.45) is 5.92 Å². The van der Waals surface area contributed by atoms with Crippen LogP contribution in [-0.4, -0.2) is 21.9 Å². The standard InChI is InChI=1S/C18H17N3O2/c22-18(14-9-13-5-1-2-6-16(13)23-12-14)19-10-15-11-21-8-4-3-7-17(21)20-15/h1-8,11,14H,9-10,12H2,(H,19,22)/t14-/m1/s1. The smallest absolute Gasteiger partial charge is 0.227 e. The molecule has 23 heavy (non-hydrogen) atoms. The van der Waals surface area contributed by atoms with Gasteiger partial charge in [0.2, 0.25) is 5.91 Å².